The molecule has 0 amide bonds. The van der Waals surface area contributed by atoms with Crippen LogP contribution in [0.1, 0.15) is 32.3 Å². The van der Waals surface area contributed by atoms with Gasteiger partial charge < -0.3 is 10.1 Å². The van der Waals surface area contributed by atoms with Crippen molar-refractivity contribution in [2.45, 2.75) is 44.4 Å². The van der Waals surface area contributed by atoms with Crippen LogP contribution >= 0.6 is 0 Å². The molecule has 0 saturated carbocycles. The second kappa shape index (κ2) is 9.18. The second-order valence-electron chi connectivity index (χ2n) is 7.67. The minimum Gasteiger partial charge on any atom is -0.365 e. The first-order valence-electron chi connectivity index (χ1n) is 9.87. The summed E-state index contributed by atoms with van der Waals surface area (Å²) < 4.78 is 33.5. The van der Waals surface area contributed by atoms with E-state index in [1.165, 1.54) is 9.87 Å². The van der Waals surface area contributed by atoms with Crippen LogP contribution in [0.15, 0.2) is 53.4 Å². The van der Waals surface area contributed by atoms with E-state index < -0.39 is 10.0 Å². The Kier molecular flexibility index (Phi) is 6.88. The van der Waals surface area contributed by atoms with Gasteiger partial charge in [0.05, 0.1) is 4.90 Å². The monoisotopic (exact) mass is 402 g/mol. The Hall–Kier alpha value is -1.73. The third kappa shape index (κ3) is 4.63. The lowest BCUT2D eigenvalue weighted by Gasteiger charge is -2.24. The standard InChI is InChI=1S/C22H30N2O3S/c1-17(2)15-23-16-18-10-12-19(13-11-18)20-7-4-5-8-21(20)28(25,26)24-14-6-9-22(24)27-3/h4-5,7-8,10-13,17,22-23H,6,9,14-16H2,1-3H3/t22-/m1/s1. The fourth-order valence-electron chi connectivity index (χ4n) is 3.58. The Morgan fingerprint density at radius 2 is 1.86 bits per heavy atom. The van der Waals surface area contributed by atoms with Crippen molar-refractivity contribution in [2.75, 3.05) is 20.2 Å². The van der Waals surface area contributed by atoms with E-state index in [1.54, 1.807) is 19.2 Å². The number of nitrogens with one attached hydrogen (secondary N) is 1. The summed E-state index contributed by atoms with van der Waals surface area (Å²) in [6.45, 7) is 6.64. The van der Waals surface area contributed by atoms with Gasteiger partial charge in [-0.05, 0) is 42.5 Å². The molecule has 1 fully saturated rings. The van der Waals surface area contributed by atoms with Gasteiger partial charge in [0, 0.05) is 25.8 Å². The van der Waals surface area contributed by atoms with Crippen LogP contribution in [0.4, 0.5) is 0 Å². The summed E-state index contributed by atoms with van der Waals surface area (Å²) in [4.78, 5) is 0.338. The van der Waals surface area contributed by atoms with Gasteiger partial charge in [-0.15, -0.1) is 0 Å². The zero-order chi connectivity index (χ0) is 20.1. The van der Waals surface area contributed by atoms with Crippen molar-refractivity contribution in [3.05, 3.63) is 54.1 Å². The van der Waals surface area contributed by atoms with Gasteiger partial charge in [0.2, 0.25) is 10.0 Å². The van der Waals surface area contributed by atoms with E-state index in [0.29, 0.717) is 17.4 Å². The van der Waals surface area contributed by atoms with Gasteiger partial charge >= 0.3 is 0 Å². The molecule has 1 heterocycles. The van der Waals surface area contributed by atoms with E-state index in [2.05, 4.69) is 31.3 Å². The minimum atomic E-state index is -3.62. The van der Waals surface area contributed by atoms with E-state index in [4.69, 9.17) is 4.74 Å². The number of ether oxygens (including phenoxy) is 1. The first-order chi connectivity index (χ1) is 13.4. The molecule has 5 nitrogen and oxygen atoms in total. The van der Waals surface area contributed by atoms with Gasteiger partial charge in [-0.1, -0.05) is 56.3 Å². The van der Waals surface area contributed by atoms with E-state index in [9.17, 15) is 8.42 Å². The maximum absolute atomic E-state index is 13.3. The maximum atomic E-state index is 13.3. The van der Waals surface area contributed by atoms with Crippen LogP contribution in [-0.2, 0) is 21.3 Å². The van der Waals surface area contributed by atoms with Crippen LogP contribution in [0.3, 0.4) is 0 Å². The molecular weight excluding hydrogens is 372 g/mol. The Labute approximate surface area is 168 Å². The summed E-state index contributed by atoms with van der Waals surface area (Å²) >= 11 is 0. The van der Waals surface area contributed by atoms with Gasteiger partial charge in [0.1, 0.15) is 6.23 Å². The van der Waals surface area contributed by atoms with Crippen LogP contribution in [0.5, 0.6) is 0 Å². The second-order valence-corrected chi connectivity index (χ2v) is 9.53. The highest BCUT2D eigenvalue weighted by Crippen LogP contribution is 2.33. The highest BCUT2D eigenvalue weighted by molar-refractivity contribution is 7.89. The smallest absolute Gasteiger partial charge is 0.245 e. The predicted octanol–water partition coefficient (Wildman–Crippen LogP) is 3.86. The van der Waals surface area contributed by atoms with E-state index >= 15 is 0 Å². The van der Waals surface area contributed by atoms with Gasteiger partial charge in [-0.2, -0.15) is 4.31 Å². The molecule has 1 N–H and O–H groups in total. The quantitative estimate of drug-likeness (QED) is 0.728. The first kappa shape index (κ1) is 21.0. The molecule has 0 aromatic heterocycles. The molecule has 0 aliphatic carbocycles. The van der Waals surface area contributed by atoms with E-state index in [0.717, 1.165) is 37.1 Å². The lowest BCUT2D eigenvalue weighted by molar-refractivity contribution is 0.0406. The van der Waals surface area contributed by atoms with Gasteiger partial charge in [-0.3, -0.25) is 0 Å². The summed E-state index contributed by atoms with van der Waals surface area (Å²) in [5.74, 6) is 0.609. The third-order valence-corrected chi connectivity index (χ3v) is 6.99. The SMILES string of the molecule is CO[C@@H]1CCCN1S(=O)(=O)c1ccccc1-c1ccc(CNCC(C)C)cc1. The van der Waals surface area contributed by atoms with Crippen LogP contribution < -0.4 is 5.32 Å². The number of methoxy groups -OCH3 is 1. The van der Waals surface area contributed by atoms with Crippen molar-refractivity contribution >= 4 is 10.0 Å². The number of sulfonamides is 1. The summed E-state index contributed by atoms with van der Waals surface area (Å²) in [6, 6.07) is 15.3. The van der Waals surface area contributed by atoms with Crippen molar-refractivity contribution in [1.29, 1.82) is 0 Å². The normalized spacial score (nSPS) is 18.1. The molecule has 2 aromatic rings. The number of hydrogen-bond acceptors (Lipinski definition) is 4. The molecule has 3 rings (SSSR count). The largest absolute Gasteiger partial charge is 0.365 e. The van der Waals surface area contributed by atoms with Crippen LogP contribution in [0.2, 0.25) is 0 Å². The minimum absolute atomic E-state index is 0.338. The zero-order valence-corrected chi connectivity index (χ0v) is 17.7. The third-order valence-electron chi connectivity index (χ3n) is 5.04. The molecule has 1 aliphatic heterocycles. The molecular formula is C22H30N2O3S. The van der Waals surface area contributed by atoms with Crippen molar-refractivity contribution in [2.24, 2.45) is 5.92 Å². The van der Waals surface area contributed by atoms with Gasteiger partial charge in [-0.25, -0.2) is 8.42 Å². The average molecular weight is 403 g/mol. The van der Waals surface area contributed by atoms with Crippen LogP contribution in [0, 0.1) is 5.92 Å². The number of rotatable bonds is 8. The number of benzene rings is 2. The van der Waals surface area contributed by atoms with Crippen LogP contribution in [0.25, 0.3) is 11.1 Å². The molecule has 2 aromatic carbocycles. The van der Waals surface area contributed by atoms with Crippen molar-refractivity contribution in [3.8, 4) is 11.1 Å². The predicted molar refractivity (Wildman–Crippen MR) is 112 cm³/mol. The molecule has 1 saturated heterocycles. The summed E-state index contributed by atoms with van der Waals surface area (Å²) in [6.07, 6.45) is 1.17. The van der Waals surface area contributed by atoms with Crippen molar-refractivity contribution in [3.63, 3.8) is 0 Å². The molecule has 0 radical (unpaired) electrons. The highest BCUT2D eigenvalue weighted by atomic mass is 32.2. The van der Waals surface area contributed by atoms with Crippen LogP contribution in [-0.4, -0.2) is 39.2 Å². The molecule has 152 valence electrons. The Morgan fingerprint density at radius 3 is 2.54 bits per heavy atom. The molecule has 1 aliphatic rings. The lowest BCUT2D eigenvalue weighted by Crippen LogP contribution is -2.36. The fourth-order valence-corrected chi connectivity index (χ4v) is 5.42. The Morgan fingerprint density at radius 1 is 1.14 bits per heavy atom. The zero-order valence-electron chi connectivity index (χ0n) is 16.9. The fraction of sp³-hybridized carbons (Fsp3) is 0.455. The molecule has 0 unspecified atom stereocenters. The lowest BCUT2D eigenvalue weighted by atomic mass is 10.0. The molecule has 0 bridgehead atoms. The number of hydrogen-bond donors (Lipinski definition) is 1. The van der Waals surface area contributed by atoms with E-state index in [1.807, 2.05) is 24.3 Å². The van der Waals surface area contributed by atoms with Crippen molar-refractivity contribution in [1.82, 2.24) is 9.62 Å². The van der Waals surface area contributed by atoms with E-state index in [-0.39, 0.29) is 6.23 Å². The molecule has 1 atom stereocenters. The summed E-state index contributed by atoms with van der Waals surface area (Å²) in [5, 5.41) is 3.43. The van der Waals surface area contributed by atoms with Gasteiger partial charge in [0.15, 0.2) is 0 Å². The maximum Gasteiger partial charge on any atom is 0.245 e. The molecule has 28 heavy (non-hydrogen) atoms. The average Bonchev–Trinajstić information content (AvgIpc) is 3.18. The Balaban J connectivity index is 1.86. The molecule has 6 heteroatoms. The number of nitrogens with zero attached hydrogens (tertiary/aromatic N) is 1. The van der Waals surface area contributed by atoms with Crippen molar-refractivity contribution < 1.29 is 13.2 Å². The Bertz CT molecular complexity index is 879. The topological polar surface area (TPSA) is 58.6 Å². The van der Waals surface area contributed by atoms with Gasteiger partial charge in [0.25, 0.3) is 0 Å². The summed E-state index contributed by atoms with van der Waals surface area (Å²) in [5.41, 5.74) is 2.81. The molecule has 0 spiro atoms. The summed E-state index contributed by atoms with van der Waals surface area (Å²) in [7, 11) is -2.05. The first-order valence-corrected chi connectivity index (χ1v) is 11.3. The highest BCUT2D eigenvalue weighted by Gasteiger charge is 2.36.